The first kappa shape index (κ1) is 21.0. The van der Waals surface area contributed by atoms with E-state index in [0.29, 0.717) is 18.8 Å². The van der Waals surface area contributed by atoms with Crippen molar-refractivity contribution < 1.29 is 14.0 Å². The van der Waals surface area contributed by atoms with Crippen LogP contribution in [0.1, 0.15) is 42.6 Å². The molecule has 1 aromatic heterocycles. The number of benzene rings is 1. The van der Waals surface area contributed by atoms with E-state index in [4.69, 9.17) is 5.73 Å². The van der Waals surface area contributed by atoms with Gasteiger partial charge in [0.25, 0.3) is 0 Å². The van der Waals surface area contributed by atoms with Gasteiger partial charge in [0.05, 0.1) is 6.04 Å². The molecule has 0 saturated carbocycles. The Balaban J connectivity index is 1.37. The second-order valence-electron chi connectivity index (χ2n) is 7.99. The van der Waals surface area contributed by atoms with Crippen LogP contribution in [0.5, 0.6) is 0 Å². The number of aryl methyl sites for hydroxylation is 1. The number of anilines is 1. The number of fused-ring (bicyclic) bond motifs is 1. The molecule has 1 aromatic carbocycles. The van der Waals surface area contributed by atoms with Crippen molar-refractivity contribution in [2.24, 2.45) is 0 Å². The van der Waals surface area contributed by atoms with Gasteiger partial charge >= 0.3 is 0 Å². The van der Waals surface area contributed by atoms with Gasteiger partial charge in [0.2, 0.25) is 11.8 Å². The Morgan fingerprint density at radius 1 is 1.26 bits per heavy atom. The summed E-state index contributed by atoms with van der Waals surface area (Å²) in [7, 11) is 0. The lowest BCUT2D eigenvalue weighted by atomic mass is 9.96. The zero-order valence-electron chi connectivity index (χ0n) is 17.3. The number of nitrogens with two attached hydrogens (primary N) is 1. The van der Waals surface area contributed by atoms with Crippen LogP contribution in [0.2, 0.25) is 0 Å². The van der Waals surface area contributed by atoms with E-state index in [-0.39, 0.29) is 23.7 Å². The molecule has 5 N–H and O–H groups in total. The Kier molecular flexibility index (Phi) is 5.99. The molecule has 1 aliphatic heterocycles. The molecule has 8 heteroatoms. The maximum absolute atomic E-state index is 13.5. The van der Waals surface area contributed by atoms with Crippen molar-refractivity contribution in [3.05, 3.63) is 65.1 Å². The highest BCUT2D eigenvalue weighted by atomic mass is 19.1. The van der Waals surface area contributed by atoms with Crippen LogP contribution in [0.25, 0.3) is 5.57 Å². The largest absolute Gasteiger partial charge is 0.384 e. The molecule has 0 fully saturated rings. The first-order chi connectivity index (χ1) is 14.9. The number of nitrogens with one attached hydrogen (secondary N) is 3. The van der Waals surface area contributed by atoms with Gasteiger partial charge in [-0.3, -0.25) is 9.59 Å². The predicted octanol–water partition coefficient (Wildman–Crippen LogP) is 1.86. The molecule has 0 radical (unpaired) electrons. The first-order valence-corrected chi connectivity index (χ1v) is 10.5. The number of hydrogen-bond acceptors (Lipinski definition) is 5. The van der Waals surface area contributed by atoms with E-state index in [2.05, 4.69) is 20.9 Å². The lowest BCUT2D eigenvalue weighted by molar-refractivity contribution is -0.129. The van der Waals surface area contributed by atoms with Crippen molar-refractivity contribution in [1.82, 2.24) is 20.9 Å². The highest BCUT2D eigenvalue weighted by Crippen LogP contribution is 2.30. The minimum absolute atomic E-state index is 0.137. The third kappa shape index (κ3) is 4.74. The van der Waals surface area contributed by atoms with E-state index in [9.17, 15) is 14.0 Å². The molecule has 1 aliphatic carbocycles. The molecule has 7 nitrogen and oxygen atoms in total. The molecule has 3 atom stereocenters. The Labute approximate surface area is 180 Å². The standard InChI is InChI=1S/C23H26FN5O2/c1-13(22(30)29-19-7-6-18-17(19)5-8-21(25)28-18)27-23(31)20-12-15(9-10-26-20)14-3-2-4-16(24)11-14/h2-5,8,11-13,19-20,26H,6-7,9-10H2,1H3,(H2,25,28)(H,27,31)(H,29,30)/t13?,19-,20-/m1/s1. The zero-order chi connectivity index (χ0) is 22.0. The predicted molar refractivity (Wildman–Crippen MR) is 116 cm³/mol. The van der Waals surface area contributed by atoms with E-state index in [1.165, 1.54) is 12.1 Å². The number of aromatic nitrogens is 1. The molecule has 2 aromatic rings. The number of amides is 2. The molecule has 31 heavy (non-hydrogen) atoms. The molecular weight excluding hydrogens is 397 g/mol. The fourth-order valence-corrected chi connectivity index (χ4v) is 4.10. The van der Waals surface area contributed by atoms with Crippen LogP contribution >= 0.6 is 0 Å². The number of carbonyl (C=O) groups is 2. The van der Waals surface area contributed by atoms with Gasteiger partial charge in [0.1, 0.15) is 23.7 Å². The van der Waals surface area contributed by atoms with Crippen molar-refractivity contribution in [3.63, 3.8) is 0 Å². The van der Waals surface area contributed by atoms with Gasteiger partial charge in [-0.05, 0) is 61.1 Å². The number of rotatable bonds is 5. The summed E-state index contributed by atoms with van der Waals surface area (Å²) in [6.45, 7) is 2.25. The lowest BCUT2D eigenvalue weighted by Crippen LogP contribution is -2.52. The number of carbonyl (C=O) groups excluding carboxylic acids is 2. The summed E-state index contributed by atoms with van der Waals surface area (Å²) in [4.78, 5) is 29.7. The van der Waals surface area contributed by atoms with Gasteiger partial charge in [-0.25, -0.2) is 9.37 Å². The lowest BCUT2D eigenvalue weighted by Gasteiger charge is -2.24. The number of halogens is 1. The van der Waals surface area contributed by atoms with Gasteiger partial charge in [-0.15, -0.1) is 0 Å². The van der Waals surface area contributed by atoms with Gasteiger partial charge in [0, 0.05) is 12.2 Å². The molecule has 1 unspecified atom stereocenters. The maximum Gasteiger partial charge on any atom is 0.242 e. The van der Waals surface area contributed by atoms with Crippen LogP contribution < -0.4 is 21.7 Å². The van der Waals surface area contributed by atoms with Gasteiger partial charge < -0.3 is 21.7 Å². The zero-order valence-corrected chi connectivity index (χ0v) is 17.3. The summed E-state index contributed by atoms with van der Waals surface area (Å²) >= 11 is 0. The highest BCUT2D eigenvalue weighted by molar-refractivity contribution is 5.92. The second-order valence-corrected chi connectivity index (χ2v) is 7.99. The van der Waals surface area contributed by atoms with Crippen LogP contribution in [0.3, 0.4) is 0 Å². The third-order valence-electron chi connectivity index (χ3n) is 5.75. The van der Waals surface area contributed by atoms with Crippen molar-refractivity contribution in [2.75, 3.05) is 12.3 Å². The smallest absolute Gasteiger partial charge is 0.242 e. The summed E-state index contributed by atoms with van der Waals surface area (Å²) in [6.07, 6.45) is 4.00. The summed E-state index contributed by atoms with van der Waals surface area (Å²) in [5.41, 5.74) is 9.28. The van der Waals surface area contributed by atoms with E-state index in [0.717, 1.165) is 35.2 Å². The summed E-state index contributed by atoms with van der Waals surface area (Å²) in [5.74, 6) is -0.391. The average Bonchev–Trinajstić information content (AvgIpc) is 3.15. The summed E-state index contributed by atoms with van der Waals surface area (Å²) in [6, 6.07) is 8.53. The van der Waals surface area contributed by atoms with Crippen molar-refractivity contribution in [3.8, 4) is 0 Å². The summed E-state index contributed by atoms with van der Waals surface area (Å²) in [5, 5.41) is 8.90. The molecule has 2 amide bonds. The Morgan fingerprint density at radius 2 is 2.10 bits per heavy atom. The Bertz CT molecular complexity index is 1040. The molecule has 0 bridgehead atoms. The molecule has 0 spiro atoms. The minimum atomic E-state index is -0.701. The number of pyridine rings is 1. The summed E-state index contributed by atoms with van der Waals surface area (Å²) < 4.78 is 13.5. The van der Waals surface area contributed by atoms with Gasteiger partial charge in [0.15, 0.2) is 0 Å². The Morgan fingerprint density at radius 3 is 2.90 bits per heavy atom. The van der Waals surface area contributed by atoms with Crippen LogP contribution in [-0.2, 0) is 16.0 Å². The van der Waals surface area contributed by atoms with E-state index in [1.807, 2.05) is 12.1 Å². The highest BCUT2D eigenvalue weighted by Gasteiger charge is 2.28. The molecule has 2 heterocycles. The minimum Gasteiger partial charge on any atom is -0.384 e. The van der Waals surface area contributed by atoms with Gasteiger partial charge in [-0.1, -0.05) is 24.3 Å². The quantitative estimate of drug-likeness (QED) is 0.587. The molecule has 0 saturated heterocycles. The van der Waals surface area contributed by atoms with Crippen molar-refractivity contribution in [1.29, 1.82) is 0 Å². The van der Waals surface area contributed by atoms with Crippen LogP contribution in [0.4, 0.5) is 10.2 Å². The van der Waals surface area contributed by atoms with Gasteiger partial charge in [-0.2, -0.15) is 0 Å². The number of nitrogens with zero attached hydrogens (tertiary/aromatic N) is 1. The molecule has 162 valence electrons. The van der Waals surface area contributed by atoms with Crippen LogP contribution in [-0.4, -0.2) is 35.4 Å². The third-order valence-corrected chi connectivity index (χ3v) is 5.75. The number of hydrogen-bond donors (Lipinski definition) is 4. The Hall–Kier alpha value is -3.26. The normalized spacial score (nSPS) is 21.0. The topological polar surface area (TPSA) is 109 Å². The molecule has 4 rings (SSSR count). The fraction of sp³-hybridized carbons (Fsp3) is 0.348. The first-order valence-electron chi connectivity index (χ1n) is 10.5. The SMILES string of the molecule is CC(NC(=O)[C@H]1C=C(c2cccc(F)c2)CCN1)C(=O)N[C@@H]1CCc2nc(N)ccc21. The molecule has 2 aliphatic rings. The second kappa shape index (κ2) is 8.85. The number of nitrogen functional groups attached to an aromatic ring is 1. The van der Waals surface area contributed by atoms with Crippen molar-refractivity contribution >= 4 is 23.2 Å². The van der Waals surface area contributed by atoms with Crippen LogP contribution in [0, 0.1) is 5.82 Å². The van der Waals surface area contributed by atoms with Crippen LogP contribution in [0.15, 0.2) is 42.5 Å². The van der Waals surface area contributed by atoms with E-state index < -0.39 is 12.1 Å². The van der Waals surface area contributed by atoms with E-state index >= 15 is 0 Å². The monoisotopic (exact) mass is 423 g/mol. The van der Waals surface area contributed by atoms with Crippen molar-refractivity contribution in [2.45, 2.75) is 44.3 Å². The van der Waals surface area contributed by atoms with E-state index in [1.54, 1.807) is 25.1 Å². The average molecular weight is 423 g/mol. The molecular formula is C23H26FN5O2. The fourth-order valence-electron chi connectivity index (χ4n) is 4.10. The maximum atomic E-state index is 13.5.